The van der Waals surface area contributed by atoms with Crippen molar-refractivity contribution in [1.82, 2.24) is 4.90 Å². The van der Waals surface area contributed by atoms with Crippen LogP contribution in [-0.2, 0) is 11.3 Å². The molecule has 1 amide bonds. The summed E-state index contributed by atoms with van der Waals surface area (Å²) in [5.41, 5.74) is 2.18. The van der Waals surface area contributed by atoms with E-state index in [0.29, 0.717) is 27.3 Å². The Morgan fingerprint density at radius 1 is 1.20 bits per heavy atom. The van der Waals surface area contributed by atoms with E-state index in [1.165, 1.54) is 0 Å². The molecule has 0 radical (unpaired) electrons. The average molecular weight is 402 g/mol. The Hall–Kier alpha value is -1.46. The van der Waals surface area contributed by atoms with Crippen LogP contribution in [0.15, 0.2) is 30.3 Å². The number of nitrogens with zero attached hydrogens (tertiary/aromatic N) is 1. The summed E-state index contributed by atoms with van der Waals surface area (Å²) < 4.78 is 5.33. The summed E-state index contributed by atoms with van der Waals surface area (Å²) in [6.45, 7) is 2.52. The zero-order chi connectivity index (χ0) is 18.6. The first-order chi connectivity index (χ1) is 11.8. The Morgan fingerprint density at radius 2 is 1.92 bits per heavy atom. The maximum atomic E-state index is 12.3. The summed E-state index contributed by atoms with van der Waals surface area (Å²) in [6.07, 6.45) is 0. The molecule has 0 spiro atoms. The summed E-state index contributed by atoms with van der Waals surface area (Å²) in [7, 11) is 3.43. The van der Waals surface area contributed by atoms with Crippen molar-refractivity contribution in [2.45, 2.75) is 13.5 Å². The molecule has 7 heteroatoms. The molecule has 0 aliphatic rings. The van der Waals surface area contributed by atoms with Crippen LogP contribution in [0.4, 0.5) is 5.69 Å². The van der Waals surface area contributed by atoms with Crippen LogP contribution in [0, 0.1) is 6.92 Å². The molecule has 25 heavy (non-hydrogen) atoms. The Morgan fingerprint density at radius 3 is 2.60 bits per heavy atom. The van der Waals surface area contributed by atoms with Crippen LogP contribution < -0.4 is 10.1 Å². The summed E-state index contributed by atoms with van der Waals surface area (Å²) in [4.78, 5) is 14.2. The van der Waals surface area contributed by atoms with Gasteiger partial charge in [-0.3, -0.25) is 9.69 Å². The number of anilines is 1. The molecule has 0 bridgehead atoms. The topological polar surface area (TPSA) is 41.6 Å². The number of hydrogen-bond donors (Lipinski definition) is 1. The number of carbonyl (C=O) groups is 1. The summed E-state index contributed by atoms with van der Waals surface area (Å²) in [5, 5.41) is 4.24. The number of aryl methyl sites for hydroxylation is 1. The number of likely N-dealkylation sites (N-methyl/N-ethyl adjacent to an activating group) is 1. The summed E-state index contributed by atoms with van der Waals surface area (Å²) >= 11 is 18.4. The number of methoxy groups -OCH3 is 1. The molecule has 0 aromatic heterocycles. The fourth-order valence-corrected chi connectivity index (χ4v) is 3.07. The van der Waals surface area contributed by atoms with Gasteiger partial charge in [0.1, 0.15) is 5.75 Å². The van der Waals surface area contributed by atoms with E-state index in [-0.39, 0.29) is 12.5 Å². The third kappa shape index (κ3) is 5.25. The molecular weight excluding hydrogens is 383 g/mol. The van der Waals surface area contributed by atoms with Crippen molar-refractivity contribution >= 4 is 46.4 Å². The van der Waals surface area contributed by atoms with Crippen LogP contribution in [0.2, 0.25) is 15.1 Å². The average Bonchev–Trinajstić information content (AvgIpc) is 2.55. The van der Waals surface area contributed by atoms with Crippen molar-refractivity contribution < 1.29 is 9.53 Å². The van der Waals surface area contributed by atoms with Crippen molar-refractivity contribution in [3.05, 3.63) is 56.5 Å². The molecule has 2 aromatic rings. The van der Waals surface area contributed by atoms with Crippen molar-refractivity contribution in [2.24, 2.45) is 0 Å². The van der Waals surface area contributed by atoms with Gasteiger partial charge in [0.05, 0.1) is 29.4 Å². The van der Waals surface area contributed by atoms with E-state index in [1.807, 2.05) is 24.9 Å². The molecule has 0 aliphatic heterocycles. The zero-order valence-electron chi connectivity index (χ0n) is 14.2. The third-order valence-electron chi connectivity index (χ3n) is 3.64. The largest absolute Gasteiger partial charge is 0.496 e. The van der Waals surface area contributed by atoms with Gasteiger partial charge in [0.25, 0.3) is 0 Å². The second kappa shape index (κ2) is 8.77. The molecule has 0 saturated heterocycles. The molecule has 0 atom stereocenters. The smallest absolute Gasteiger partial charge is 0.238 e. The van der Waals surface area contributed by atoms with Crippen LogP contribution in [0.1, 0.15) is 11.1 Å². The second-order valence-electron chi connectivity index (χ2n) is 5.73. The lowest BCUT2D eigenvalue weighted by Gasteiger charge is -2.19. The first kappa shape index (κ1) is 19.9. The van der Waals surface area contributed by atoms with Gasteiger partial charge in [-0.15, -0.1) is 0 Å². The van der Waals surface area contributed by atoms with E-state index in [2.05, 4.69) is 5.32 Å². The fourth-order valence-electron chi connectivity index (χ4n) is 2.41. The molecule has 0 saturated carbocycles. The number of ether oxygens (including phenoxy) is 1. The van der Waals surface area contributed by atoms with Gasteiger partial charge in [-0.25, -0.2) is 0 Å². The van der Waals surface area contributed by atoms with Crippen molar-refractivity contribution in [1.29, 1.82) is 0 Å². The predicted octanol–water partition coefficient (Wildman–Crippen LogP) is 5.03. The minimum Gasteiger partial charge on any atom is -0.496 e. The van der Waals surface area contributed by atoms with E-state index < -0.39 is 0 Å². The highest BCUT2D eigenvalue weighted by atomic mass is 35.5. The number of rotatable bonds is 6. The highest BCUT2D eigenvalue weighted by Crippen LogP contribution is 2.32. The molecular formula is C18H19Cl3N2O2. The highest BCUT2D eigenvalue weighted by molar-refractivity contribution is 6.40. The number of halogens is 3. The normalized spacial score (nSPS) is 10.8. The van der Waals surface area contributed by atoms with E-state index in [9.17, 15) is 4.79 Å². The maximum Gasteiger partial charge on any atom is 0.238 e. The minimum absolute atomic E-state index is 0.163. The van der Waals surface area contributed by atoms with Crippen LogP contribution in [0.3, 0.4) is 0 Å². The van der Waals surface area contributed by atoms with Gasteiger partial charge in [-0.2, -0.15) is 0 Å². The van der Waals surface area contributed by atoms with E-state index in [0.717, 1.165) is 16.9 Å². The third-order valence-corrected chi connectivity index (χ3v) is 4.68. The Labute approximate surface area is 162 Å². The first-order valence-corrected chi connectivity index (χ1v) is 8.70. The lowest BCUT2D eigenvalue weighted by atomic mass is 10.2. The highest BCUT2D eigenvalue weighted by Gasteiger charge is 2.14. The van der Waals surface area contributed by atoms with Gasteiger partial charge >= 0.3 is 0 Å². The number of carbonyl (C=O) groups excluding carboxylic acids is 1. The van der Waals surface area contributed by atoms with Gasteiger partial charge in [0.15, 0.2) is 0 Å². The monoisotopic (exact) mass is 400 g/mol. The van der Waals surface area contributed by atoms with Gasteiger partial charge in [-0.1, -0.05) is 40.9 Å². The molecule has 0 aliphatic carbocycles. The van der Waals surface area contributed by atoms with Gasteiger partial charge < -0.3 is 10.1 Å². The quantitative estimate of drug-likeness (QED) is 0.737. The van der Waals surface area contributed by atoms with Crippen molar-refractivity contribution in [3.63, 3.8) is 0 Å². The Balaban J connectivity index is 2.04. The number of hydrogen-bond acceptors (Lipinski definition) is 3. The molecule has 0 unspecified atom stereocenters. The fraction of sp³-hybridized carbons (Fsp3) is 0.278. The summed E-state index contributed by atoms with van der Waals surface area (Å²) in [5.74, 6) is 0.513. The molecule has 0 heterocycles. The number of amides is 1. The number of nitrogens with one attached hydrogen (secondary N) is 1. The van der Waals surface area contributed by atoms with Crippen molar-refractivity contribution in [2.75, 3.05) is 26.0 Å². The van der Waals surface area contributed by atoms with Crippen molar-refractivity contribution in [3.8, 4) is 5.75 Å². The van der Waals surface area contributed by atoms with E-state index in [4.69, 9.17) is 39.5 Å². The van der Waals surface area contributed by atoms with Gasteiger partial charge in [0.2, 0.25) is 5.91 Å². The van der Waals surface area contributed by atoms with Crippen LogP contribution in [-0.4, -0.2) is 31.5 Å². The Bertz CT molecular complexity index is 781. The molecule has 0 fully saturated rings. The SMILES string of the molecule is COc1ccc(Cl)cc1CN(C)CC(=O)Nc1c(Cl)ccc(C)c1Cl. The van der Waals surface area contributed by atoms with Crippen LogP contribution in [0.25, 0.3) is 0 Å². The molecule has 2 aromatic carbocycles. The standard InChI is InChI=1S/C18H19Cl3N2O2/c1-11-4-6-14(20)18(17(11)21)22-16(24)10-23(2)9-12-8-13(19)5-7-15(12)25-3/h4-8H,9-10H2,1-3H3,(H,22,24). The van der Waals surface area contributed by atoms with E-state index >= 15 is 0 Å². The zero-order valence-corrected chi connectivity index (χ0v) is 16.5. The molecule has 134 valence electrons. The van der Waals surface area contributed by atoms with Gasteiger partial charge in [0, 0.05) is 17.1 Å². The predicted molar refractivity (Wildman–Crippen MR) is 104 cm³/mol. The lowest BCUT2D eigenvalue weighted by molar-refractivity contribution is -0.117. The molecule has 2 rings (SSSR count). The minimum atomic E-state index is -0.210. The lowest BCUT2D eigenvalue weighted by Crippen LogP contribution is -2.30. The summed E-state index contributed by atoms with van der Waals surface area (Å²) in [6, 6.07) is 8.90. The van der Waals surface area contributed by atoms with Crippen LogP contribution >= 0.6 is 34.8 Å². The van der Waals surface area contributed by atoms with Gasteiger partial charge in [-0.05, 0) is 43.8 Å². The number of benzene rings is 2. The first-order valence-electron chi connectivity index (χ1n) is 7.57. The second-order valence-corrected chi connectivity index (χ2v) is 6.95. The molecule has 1 N–H and O–H groups in total. The maximum absolute atomic E-state index is 12.3. The van der Waals surface area contributed by atoms with Crippen LogP contribution in [0.5, 0.6) is 5.75 Å². The Kier molecular flexibility index (Phi) is 6.96. The van der Waals surface area contributed by atoms with E-state index in [1.54, 1.807) is 31.4 Å². The molecule has 4 nitrogen and oxygen atoms in total.